The van der Waals surface area contributed by atoms with Gasteiger partial charge in [-0.05, 0) is 31.2 Å². The molecule has 0 bridgehead atoms. The lowest BCUT2D eigenvalue weighted by molar-refractivity contribution is 0.241. The van der Waals surface area contributed by atoms with Gasteiger partial charge >= 0.3 is 6.03 Å². The zero-order valence-corrected chi connectivity index (χ0v) is 14.1. The average Bonchev–Trinajstić information content (AvgIpc) is 3.08. The highest BCUT2D eigenvalue weighted by atomic mass is 32.1. The van der Waals surface area contributed by atoms with Crippen LogP contribution in [0.2, 0.25) is 0 Å². The number of amides is 2. The standard InChI is InChI=1S/C15H21N3OS2/c1-3-13-11(2)21-14(18-13)7-9-17-15(19)16-8-6-12-5-4-10-20-12/h4-5,10H,3,6-9H2,1-2H3,(H2,16,17,19). The molecular formula is C15H21N3OS2. The molecule has 0 fully saturated rings. The molecule has 0 aliphatic rings. The lowest BCUT2D eigenvalue weighted by atomic mass is 10.3. The monoisotopic (exact) mass is 323 g/mol. The van der Waals surface area contributed by atoms with Crippen LogP contribution in [0.1, 0.15) is 27.4 Å². The Balaban J connectivity index is 1.62. The number of rotatable bonds is 7. The van der Waals surface area contributed by atoms with Crippen LogP contribution in [-0.4, -0.2) is 24.1 Å². The van der Waals surface area contributed by atoms with Crippen LogP contribution >= 0.6 is 22.7 Å². The Labute approximate surface area is 133 Å². The van der Waals surface area contributed by atoms with Crippen LogP contribution in [0.15, 0.2) is 17.5 Å². The van der Waals surface area contributed by atoms with Crippen molar-refractivity contribution in [3.8, 4) is 0 Å². The minimum absolute atomic E-state index is 0.101. The molecule has 2 aromatic rings. The van der Waals surface area contributed by atoms with Gasteiger partial charge in [0.05, 0.1) is 10.7 Å². The number of thiophene rings is 1. The first-order valence-electron chi connectivity index (χ1n) is 7.18. The maximum atomic E-state index is 11.7. The maximum Gasteiger partial charge on any atom is 0.314 e. The Bertz CT molecular complexity index is 563. The van der Waals surface area contributed by atoms with Crippen molar-refractivity contribution in [3.05, 3.63) is 38.0 Å². The molecule has 0 aliphatic carbocycles. The highest BCUT2D eigenvalue weighted by molar-refractivity contribution is 7.11. The SMILES string of the molecule is CCc1nc(CCNC(=O)NCCc2cccs2)sc1C. The number of nitrogens with zero attached hydrogens (tertiary/aromatic N) is 1. The predicted molar refractivity (Wildman–Crippen MR) is 89.4 cm³/mol. The van der Waals surface area contributed by atoms with Crippen molar-refractivity contribution in [2.45, 2.75) is 33.1 Å². The van der Waals surface area contributed by atoms with Gasteiger partial charge in [0, 0.05) is 29.3 Å². The number of carbonyl (C=O) groups excluding carboxylic acids is 1. The van der Waals surface area contributed by atoms with Crippen LogP contribution < -0.4 is 10.6 Å². The fraction of sp³-hybridized carbons (Fsp3) is 0.467. The molecule has 114 valence electrons. The van der Waals surface area contributed by atoms with E-state index >= 15 is 0 Å². The van der Waals surface area contributed by atoms with Crippen LogP contribution in [0.3, 0.4) is 0 Å². The molecule has 0 spiro atoms. The minimum Gasteiger partial charge on any atom is -0.338 e. The highest BCUT2D eigenvalue weighted by Gasteiger charge is 2.06. The van der Waals surface area contributed by atoms with Gasteiger partial charge in [0.1, 0.15) is 0 Å². The van der Waals surface area contributed by atoms with E-state index in [1.807, 2.05) is 6.07 Å². The van der Waals surface area contributed by atoms with Crippen LogP contribution in [0, 0.1) is 6.92 Å². The number of hydrogen-bond acceptors (Lipinski definition) is 4. The van der Waals surface area contributed by atoms with Crippen molar-refractivity contribution in [1.29, 1.82) is 0 Å². The minimum atomic E-state index is -0.101. The van der Waals surface area contributed by atoms with Gasteiger partial charge < -0.3 is 10.6 Å². The first kappa shape index (κ1) is 16.0. The average molecular weight is 323 g/mol. The summed E-state index contributed by atoms with van der Waals surface area (Å²) in [6, 6.07) is 4.01. The van der Waals surface area contributed by atoms with Crippen molar-refractivity contribution < 1.29 is 4.79 Å². The number of hydrogen-bond donors (Lipinski definition) is 2. The second-order valence-corrected chi connectivity index (χ2v) is 7.05. The molecule has 4 nitrogen and oxygen atoms in total. The predicted octanol–water partition coefficient (Wildman–Crippen LogP) is 3.16. The van der Waals surface area contributed by atoms with E-state index in [2.05, 4.69) is 40.9 Å². The number of carbonyl (C=O) groups is 1. The molecule has 6 heteroatoms. The van der Waals surface area contributed by atoms with E-state index in [9.17, 15) is 4.79 Å². The van der Waals surface area contributed by atoms with Crippen LogP contribution in [-0.2, 0) is 19.3 Å². The van der Waals surface area contributed by atoms with Gasteiger partial charge in [-0.25, -0.2) is 9.78 Å². The van der Waals surface area contributed by atoms with E-state index in [0.29, 0.717) is 13.1 Å². The van der Waals surface area contributed by atoms with Crippen LogP contribution in [0.4, 0.5) is 4.79 Å². The van der Waals surface area contributed by atoms with Crippen molar-refractivity contribution >= 4 is 28.7 Å². The van der Waals surface area contributed by atoms with E-state index in [0.717, 1.165) is 24.3 Å². The smallest absolute Gasteiger partial charge is 0.314 e. The van der Waals surface area contributed by atoms with E-state index in [1.54, 1.807) is 22.7 Å². The third-order valence-electron chi connectivity index (χ3n) is 3.13. The summed E-state index contributed by atoms with van der Waals surface area (Å²) in [5.74, 6) is 0. The lowest BCUT2D eigenvalue weighted by Gasteiger charge is -2.06. The van der Waals surface area contributed by atoms with Gasteiger partial charge in [-0.2, -0.15) is 0 Å². The van der Waals surface area contributed by atoms with E-state index in [1.165, 1.54) is 15.4 Å². The molecule has 0 saturated heterocycles. The molecule has 21 heavy (non-hydrogen) atoms. The Hall–Kier alpha value is -1.40. The first-order chi connectivity index (χ1) is 10.2. The topological polar surface area (TPSA) is 54.0 Å². The largest absolute Gasteiger partial charge is 0.338 e. The van der Waals surface area contributed by atoms with Gasteiger partial charge in [0.2, 0.25) is 0 Å². The van der Waals surface area contributed by atoms with Crippen molar-refractivity contribution in [1.82, 2.24) is 15.6 Å². The van der Waals surface area contributed by atoms with Gasteiger partial charge in [-0.15, -0.1) is 22.7 Å². The molecule has 0 aromatic carbocycles. The molecule has 2 aromatic heterocycles. The quantitative estimate of drug-likeness (QED) is 0.822. The molecule has 2 heterocycles. The Morgan fingerprint density at radius 2 is 2.05 bits per heavy atom. The summed E-state index contributed by atoms with van der Waals surface area (Å²) in [5, 5.41) is 8.90. The molecule has 2 rings (SSSR count). The molecule has 0 unspecified atom stereocenters. The third-order valence-corrected chi connectivity index (χ3v) is 5.14. The van der Waals surface area contributed by atoms with Gasteiger partial charge in [0.15, 0.2) is 0 Å². The van der Waals surface area contributed by atoms with Crippen LogP contribution in [0.5, 0.6) is 0 Å². The second-order valence-electron chi connectivity index (χ2n) is 4.73. The Morgan fingerprint density at radius 3 is 2.67 bits per heavy atom. The number of aryl methyl sites for hydroxylation is 2. The zero-order chi connectivity index (χ0) is 15.1. The van der Waals surface area contributed by atoms with Gasteiger partial charge in [0.25, 0.3) is 0 Å². The molecule has 0 aliphatic heterocycles. The summed E-state index contributed by atoms with van der Waals surface area (Å²) in [5.41, 5.74) is 1.18. The van der Waals surface area contributed by atoms with Crippen molar-refractivity contribution in [2.24, 2.45) is 0 Å². The van der Waals surface area contributed by atoms with Crippen molar-refractivity contribution in [2.75, 3.05) is 13.1 Å². The van der Waals surface area contributed by atoms with Gasteiger partial charge in [-0.3, -0.25) is 0 Å². The number of aromatic nitrogens is 1. The number of urea groups is 1. The summed E-state index contributed by atoms with van der Waals surface area (Å²) < 4.78 is 0. The summed E-state index contributed by atoms with van der Waals surface area (Å²) in [6.45, 7) is 5.51. The molecule has 2 N–H and O–H groups in total. The van der Waals surface area contributed by atoms with Gasteiger partial charge in [-0.1, -0.05) is 13.0 Å². The van der Waals surface area contributed by atoms with E-state index in [4.69, 9.17) is 0 Å². The molecule has 0 atom stereocenters. The molecular weight excluding hydrogens is 302 g/mol. The second kappa shape index (κ2) is 8.14. The summed E-state index contributed by atoms with van der Waals surface area (Å²) in [7, 11) is 0. The number of thiazole rings is 1. The Kier molecular flexibility index (Phi) is 6.20. The Morgan fingerprint density at radius 1 is 1.29 bits per heavy atom. The lowest BCUT2D eigenvalue weighted by Crippen LogP contribution is -2.37. The first-order valence-corrected chi connectivity index (χ1v) is 8.88. The van der Waals surface area contributed by atoms with Crippen LogP contribution in [0.25, 0.3) is 0 Å². The third kappa shape index (κ3) is 5.13. The fourth-order valence-corrected chi connectivity index (χ4v) is 3.75. The fourth-order valence-electron chi connectivity index (χ4n) is 2.02. The highest BCUT2D eigenvalue weighted by Crippen LogP contribution is 2.17. The zero-order valence-electron chi connectivity index (χ0n) is 12.4. The summed E-state index contributed by atoms with van der Waals surface area (Å²) >= 11 is 3.44. The molecule has 0 saturated carbocycles. The molecule has 2 amide bonds. The summed E-state index contributed by atoms with van der Waals surface area (Å²) in [4.78, 5) is 18.8. The normalized spacial score (nSPS) is 10.6. The number of nitrogens with one attached hydrogen (secondary N) is 2. The van der Waals surface area contributed by atoms with E-state index < -0.39 is 0 Å². The maximum absolute atomic E-state index is 11.7. The molecule has 0 radical (unpaired) electrons. The van der Waals surface area contributed by atoms with E-state index in [-0.39, 0.29) is 6.03 Å². The van der Waals surface area contributed by atoms with Crippen molar-refractivity contribution in [3.63, 3.8) is 0 Å². The summed E-state index contributed by atoms with van der Waals surface area (Å²) in [6.07, 6.45) is 2.65.